The second kappa shape index (κ2) is 12.9. The monoisotopic (exact) mass is 529 g/mol. The molecule has 3 aromatic rings. The zero-order chi connectivity index (χ0) is 26.2. The van der Waals surface area contributed by atoms with Crippen LogP contribution in [0.3, 0.4) is 0 Å². The Bertz CT molecular complexity index is 1190. The number of amides is 1. The van der Waals surface area contributed by atoms with Crippen LogP contribution in [0.4, 0.5) is 0 Å². The fourth-order valence-electron chi connectivity index (χ4n) is 4.18. The van der Waals surface area contributed by atoms with Crippen LogP contribution >= 0.6 is 23.2 Å². The largest absolute Gasteiger partial charge is 0.481 e. The van der Waals surface area contributed by atoms with Crippen molar-refractivity contribution in [3.05, 3.63) is 70.5 Å². The quantitative estimate of drug-likeness (QED) is 0.226. The number of rotatable bonds is 12. The lowest BCUT2D eigenvalue weighted by Crippen LogP contribution is -2.39. The van der Waals surface area contributed by atoms with Crippen molar-refractivity contribution in [1.29, 1.82) is 0 Å². The van der Waals surface area contributed by atoms with E-state index < -0.39 is 0 Å². The number of benzene rings is 1. The molecule has 9 heteroatoms. The predicted octanol–water partition coefficient (Wildman–Crippen LogP) is 5.87. The van der Waals surface area contributed by atoms with E-state index in [2.05, 4.69) is 41.1 Å². The molecule has 2 aromatic heterocycles. The van der Waals surface area contributed by atoms with Gasteiger partial charge < -0.3 is 15.4 Å². The molecule has 0 radical (unpaired) electrons. The third-order valence-corrected chi connectivity index (χ3v) is 6.81. The van der Waals surface area contributed by atoms with E-state index in [1.54, 1.807) is 42.3 Å². The minimum atomic E-state index is -0.258. The number of halogens is 2. The van der Waals surface area contributed by atoms with E-state index in [0.717, 1.165) is 18.4 Å². The molecule has 36 heavy (non-hydrogen) atoms. The summed E-state index contributed by atoms with van der Waals surface area (Å²) in [5.41, 5.74) is 3.12. The van der Waals surface area contributed by atoms with E-state index in [-0.39, 0.29) is 5.91 Å². The molecule has 2 unspecified atom stereocenters. The Morgan fingerprint density at radius 2 is 2.03 bits per heavy atom. The highest BCUT2D eigenvalue weighted by molar-refractivity contribution is 6.35. The molecule has 1 amide bonds. The highest BCUT2D eigenvalue weighted by atomic mass is 35.5. The van der Waals surface area contributed by atoms with Crippen LogP contribution in [0.1, 0.15) is 42.7 Å². The molecule has 7 nitrogen and oxygen atoms in total. The number of methoxy groups -OCH3 is 1. The fraction of sp³-hybridized carbons (Fsp3) is 0.370. The van der Waals surface area contributed by atoms with Gasteiger partial charge in [0.25, 0.3) is 5.91 Å². The number of hydrogen-bond acceptors (Lipinski definition) is 5. The predicted molar refractivity (Wildman–Crippen MR) is 146 cm³/mol. The molecule has 0 fully saturated rings. The molecule has 0 aliphatic carbocycles. The van der Waals surface area contributed by atoms with Crippen LogP contribution in [-0.2, 0) is 0 Å². The number of aromatic nitrogens is 3. The third kappa shape index (κ3) is 6.46. The second-order valence-corrected chi connectivity index (χ2v) is 9.45. The first-order valence-corrected chi connectivity index (χ1v) is 12.7. The van der Waals surface area contributed by atoms with Gasteiger partial charge in [0, 0.05) is 47.5 Å². The minimum Gasteiger partial charge on any atom is -0.481 e. The molecule has 2 heterocycles. The summed E-state index contributed by atoms with van der Waals surface area (Å²) < 4.78 is 6.85. The maximum atomic E-state index is 13.2. The van der Waals surface area contributed by atoms with Crippen LogP contribution in [0.2, 0.25) is 10.0 Å². The molecule has 3 rings (SSSR count). The highest BCUT2D eigenvalue weighted by Gasteiger charge is 2.23. The average molecular weight is 531 g/mol. The number of ether oxygens (including phenoxy) is 1. The number of nitrogens with zero attached hydrogens (tertiary/aromatic N) is 3. The molecular weight excluding hydrogens is 497 g/mol. The molecule has 0 bridgehead atoms. The van der Waals surface area contributed by atoms with Crippen molar-refractivity contribution in [2.75, 3.05) is 20.2 Å². The van der Waals surface area contributed by atoms with E-state index in [1.807, 2.05) is 19.1 Å². The Kier molecular flexibility index (Phi) is 9.93. The van der Waals surface area contributed by atoms with Crippen molar-refractivity contribution in [1.82, 2.24) is 25.4 Å². The number of carbonyl (C=O) groups excluding carboxylic acids is 1. The van der Waals surface area contributed by atoms with Gasteiger partial charge in [0.15, 0.2) is 5.69 Å². The highest BCUT2D eigenvalue weighted by Crippen LogP contribution is 2.32. The van der Waals surface area contributed by atoms with Crippen LogP contribution in [0.25, 0.3) is 16.9 Å². The summed E-state index contributed by atoms with van der Waals surface area (Å²) in [6, 6.07) is 9.12. The fourth-order valence-corrected chi connectivity index (χ4v) is 4.67. The van der Waals surface area contributed by atoms with Gasteiger partial charge >= 0.3 is 0 Å². The Morgan fingerprint density at radius 3 is 2.64 bits per heavy atom. The van der Waals surface area contributed by atoms with Crippen molar-refractivity contribution in [2.45, 2.75) is 39.7 Å². The molecule has 0 aliphatic rings. The Labute approximate surface area is 222 Å². The summed E-state index contributed by atoms with van der Waals surface area (Å²) in [4.78, 5) is 17.5. The molecule has 2 atom stereocenters. The van der Waals surface area contributed by atoms with Crippen LogP contribution in [0.15, 0.2) is 49.2 Å². The van der Waals surface area contributed by atoms with E-state index in [9.17, 15) is 4.79 Å². The topological polar surface area (TPSA) is 81.1 Å². The Balaban J connectivity index is 1.85. The molecule has 0 aliphatic heterocycles. The van der Waals surface area contributed by atoms with Gasteiger partial charge in [0.05, 0.1) is 23.5 Å². The first-order valence-electron chi connectivity index (χ1n) is 12.0. The van der Waals surface area contributed by atoms with Crippen molar-refractivity contribution in [3.8, 4) is 22.8 Å². The van der Waals surface area contributed by atoms with Crippen LogP contribution in [0.5, 0.6) is 5.88 Å². The van der Waals surface area contributed by atoms with Crippen LogP contribution in [0, 0.1) is 12.8 Å². The molecule has 2 N–H and O–H groups in total. The van der Waals surface area contributed by atoms with E-state index in [4.69, 9.17) is 27.9 Å². The van der Waals surface area contributed by atoms with Gasteiger partial charge in [-0.2, -0.15) is 5.10 Å². The van der Waals surface area contributed by atoms with E-state index >= 15 is 0 Å². The van der Waals surface area contributed by atoms with Crippen LogP contribution < -0.4 is 15.4 Å². The molecule has 0 saturated heterocycles. The first kappa shape index (κ1) is 27.7. The summed E-state index contributed by atoms with van der Waals surface area (Å²) in [6.07, 6.45) is 5.67. The summed E-state index contributed by atoms with van der Waals surface area (Å²) in [5.74, 6) is 0.748. The lowest BCUT2D eigenvalue weighted by atomic mass is 9.95. The van der Waals surface area contributed by atoms with Gasteiger partial charge in [-0.1, -0.05) is 42.6 Å². The lowest BCUT2D eigenvalue weighted by Gasteiger charge is -2.22. The Morgan fingerprint density at radius 1 is 1.25 bits per heavy atom. The van der Waals surface area contributed by atoms with Crippen molar-refractivity contribution >= 4 is 29.1 Å². The smallest absolute Gasteiger partial charge is 0.272 e. The maximum absolute atomic E-state index is 13.2. The average Bonchev–Trinajstić information content (AvgIpc) is 3.21. The molecule has 1 aromatic carbocycles. The first-order chi connectivity index (χ1) is 17.3. The lowest BCUT2D eigenvalue weighted by molar-refractivity contribution is 0.0947. The summed E-state index contributed by atoms with van der Waals surface area (Å²) in [7, 11) is 1.56. The summed E-state index contributed by atoms with van der Waals surface area (Å²) in [6.45, 7) is 11.2. The standard InChI is InChI=1S/C27H33Cl2N5O2/c1-6-8-19(7-2)18(4)30-13-14-31-27(35)25-17(3)26(20-9-12-24(36-5)32-16-20)34(33-25)23-11-10-21(28)15-22(23)29/h6,9-12,15-16,18-19,30H,1,7-8,13-14H2,2-5H3,(H,31,35). The third-order valence-electron chi connectivity index (χ3n) is 6.27. The molecule has 0 spiro atoms. The molecular formula is C27H33Cl2N5O2. The van der Waals surface area contributed by atoms with Crippen LogP contribution in [-0.4, -0.2) is 46.9 Å². The van der Waals surface area contributed by atoms with Gasteiger partial charge in [-0.25, -0.2) is 9.67 Å². The van der Waals surface area contributed by atoms with Gasteiger partial charge in [-0.3, -0.25) is 4.79 Å². The van der Waals surface area contributed by atoms with Gasteiger partial charge in [-0.15, -0.1) is 6.58 Å². The zero-order valence-electron chi connectivity index (χ0n) is 21.1. The van der Waals surface area contributed by atoms with Gasteiger partial charge in [-0.05, 0) is 50.5 Å². The number of nitrogens with one attached hydrogen (secondary N) is 2. The number of hydrogen-bond donors (Lipinski definition) is 2. The molecule has 192 valence electrons. The van der Waals surface area contributed by atoms with Crippen molar-refractivity contribution in [2.24, 2.45) is 5.92 Å². The maximum Gasteiger partial charge on any atom is 0.272 e. The number of carbonyl (C=O) groups is 1. The van der Waals surface area contributed by atoms with Crippen molar-refractivity contribution in [3.63, 3.8) is 0 Å². The molecule has 0 saturated carbocycles. The van der Waals surface area contributed by atoms with Gasteiger partial charge in [0.1, 0.15) is 0 Å². The van der Waals surface area contributed by atoms with Crippen molar-refractivity contribution < 1.29 is 9.53 Å². The number of allylic oxidation sites excluding steroid dienone is 1. The second-order valence-electron chi connectivity index (χ2n) is 8.61. The minimum absolute atomic E-state index is 0.258. The zero-order valence-corrected chi connectivity index (χ0v) is 22.7. The van der Waals surface area contributed by atoms with Gasteiger partial charge in [0.2, 0.25) is 5.88 Å². The Hall–Kier alpha value is -2.87. The summed E-state index contributed by atoms with van der Waals surface area (Å²) >= 11 is 12.6. The normalized spacial score (nSPS) is 12.7. The summed E-state index contributed by atoms with van der Waals surface area (Å²) in [5, 5.41) is 12.1. The van der Waals surface area contributed by atoms with E-state index in [1.165, 1.54) is 0 Å². The SMILES string of the molecule is C=CCC(CC)C(C)NCCNC(=O)c1nn(-c2ccc(Cl)cc2Cl)c(-c2ccc(OC)nc2)c1C. The van der Waals surface area contributed by atoms with E-state index in [0.29, 0.717) is 63.6 Å². The number of pyridine rings is 1.